The van der Waals surface area contributed by atoms with E-state index in [1.54, 1.807) is 50.3 Å². The van der Waals surface area contributed by atoms with Gasteiger partial charge in [0, 0.05) is 23.3 Å². The number of nitrogens with zero attached hydrogens (tertiary/aromatic N) is 3. The van der Waals surface area contributed by atoms with Crippen molar-refractivity contribution in [2.45, 2.75) is 37.9 Å². The third-order valence-electron chi connectivity index (χ3n) is 6.78. The molecule has 5 rings (SSSR count). The number of nitrogens with one attached hydrogen (secondary N) is 1. The minimum Gasteiger partial charge on any atom is -0.497 e. The third kappa shape index (κ3) is 4.88. The van der Waals surface area contributed by atoms with Gasteiger partial charge in [0.1, 0.15) is 11.8 Å². The zero-order chi connectivity index (χ0) is 27.0. The highest BCUT2D eigenvalue weighted by atomic mass is 32.2. The van der Waals surface area contributed by atoms with Gasteiger partial charge in [0.2, 0.25) is 11.1 Å². The maximum Gasteiger partial charge on any atom is 0.227 e. The Balaban J connectivity index is 1.48. The Morgan fingerprint density at radius 2 is 1.79 bits per heavy atom. The quantitative estimate of drug-likeness (QED) is 0.318. The van der Waals surface area contributed by atoms with Crippen molar-refractivity contribution in [3.05, 3.63) is 64.9 Å². The second kappa shape index (κ2) is 10.2. The Hall–Kier alpha value is -3.79. The molecule has 198 valence electrons. The van der Waals surface area contributed by atoms with E-state index in [9.17, 15) is 9.59 Å². The summed E-state index contributed by atoms with van der Waals surface area (Å²) >= 11 is 1.26. The fourth-order valence-corrected chi connectivity index (χ4v) is 5.70. The minimum absolute atomic E-state index is 0.0378. The van der Waals surface area contributed by atoms with Gasteiger partial charge in [-0.3, -0.25) is 9.59 Å². The first-order valence-corrected chi connectivity index (χ1v) is 13.2. The molecule has 1 atom stereocenters. The number of Topliss-reactive ketones (excluding diaryl/α,β-unsaturated/α-hetero) is 2. The number of carbonyl (C=O) groups is 2. The first kappa shape index (κ1) is 25.8. The molecule has 1 aliphatic carbocycles. The van der Waals surface area contributed by atoms with E-state index >= 15 is 0 Å². The number of benzene rings is 2. The highest BCUT2D eigenvalue weighted by Gasteiger charge is 2.42. The van der Waals surface area contributed by atoms with Crippen molar-refractivity contribution >= 4 is 29.3 Å². The molecule has 3 aromatic rings. The summed E-state index contributed by atoms with van der Waals surface area (Å²) in [5.41, 5.74) is 2.79. The molecule has 1 unspecified atom stereocenters. The standard InChI is InChI=1S/C28H30N4O5S/c1-28(2)13-19-24(20(33)14-28)25(17-8-11-22(36-4)23(12-17)37-5)32-26(29-19)30-27(31-32)38-15-21(34)16-6-9-18(35-3)10-7-16/h6-12,25H,13-15H2,1-5H3,(H,29,30,31). The van der Waals surface area contributed by atoms with Crippen LogP contribution in [0.3, 0.4) is 0 Å². The van der Waals surface area contributed by atoms with Gasteiger partial charge >= 0.3 is 0 Å². The lowest BCUT2D eigenvalue weighted by Crippen LogP contribution is -2.36. The summed E-state index contributed by atoms with van der Waals surface area (Å²) in [5.74, 6) is 2.61. The Labute approximate surface area is 225 Å². The van der Waals surface area contributed by atoms with E-state index in [0.29, 0.717) is 52.3 Å². The van der Waals surface area contributed by atoms with Crippen LogP contribution in [0, 0.1) is 5.41 Å². The molecule has 0 bridgehead atoms. The third-order valence-corrected chi connectivity index (χ3v) is 7.62. The molecular formula is C28H30N4O5S. The van der Waals surface area contributed by atoms with Crippen LogP contribution in [-0.2, 0) is 4.79 Å². The van der Waals surface area contributed by atoms with E-state index in [1.165, 1.54) is 11.8 Å². The first-order chi connectivity index (χ1) is 18.2. The van der Waals surface area contributed by atoms with Gasteiger partial charge < -0.3 is 19.5 Å². The zero-order valence-corrected chi connectivity index (χ0v) is 22.8. The summed E-state index contributed by atoms with van der Waals surface area (Å²) in [6.45, 7) is 4.18. The summed E-state index contributed by atoms with van der Waals surface area (Å²) in [6.07, 6.45) is 1.16. The molecule has 0 saturated heterocycles. The average Bonchev–Trinajstić information content (AvgIpc) is 3.31. The lowest BCUT2D eigenvalue weighted by Gasteiger charge is -2.38. The molecular weight excluding hydrogens is 504 g/mol. The van der Waals surface area contributed by atoms with E-state index in [-0.39, 0.29) is 22.7 Å². The van der Waals surface area contributed by atoms with E-state index in [2.05, 4.69) is 24.1 Å². The van der Waals surface area contributed by atoms with Gasteiger partial charge in [-0.05, 0) is 53.8 Å². The number of aromatic nitrogens is 3. The fraction of sp³-hybridized carbons (Fsp3) is 0.357. The fourth-order valence-electron chi connectivity index (χ4n) is 4.97. The Morgan fingerprint density at radius 1 is 1.05 bits per heavy atom. The van der Waals surface area contributed by atoms with Crippen LogP contribution in [0.25, 0.3) is 0 Å². The highest BCUT2D eigenvalue weighted by molar-refractivity contribution is 7.99. The molecule has 10 heteroatoms. The van der Waals surface area contributed by atoms with Gasteiger partial charge in [-0.2, -0.15) is 4.98 Å². The number of rotatable bonds is 8. The van der Waals surface area contributed by atoms with Crippen molar-refractivity contribution in [2.75, 3.05) is 32.4 Å². The molecule has 2 heterocycles. The van der Waals surface area contributed by atoms with Gasteiger partial charge in [-0.15, -0.1) is 5.10 Å². The number of ketones is 2. The number of allylic oxidation sites excluding steroid dienone is 2. The normalized spacial score (nSPS) is 17.8. The monoisotopic (exact) mass is 534 g/mol. The molecule has 9 nitrogen and oxygen atoms in total. The van der Waals surface area contributed by atoms with Crippen LogP contribution in [0.2, 0.25) is 0 Å². The molecule has 38 heavy (non-hydrogen) atoms. The molecule has 2 aliphatic rings. The topological polar surface area (TPSA) is 105 Å². The van der Waals surface area contributed by atoms with Gasteiger partial charge in [-0.25, -0.2) is 4.68 Å². The van der Waals surface area contributed by atoms with Crippen LogP contribution >= 0.6 is 11.8 Å². The number of ether oxygens (including phenoxy) is 3. The Morgan fingerprint density at radius 3 is 2.47 bits per heavy atom. The highest BCUT2D eigenvalue weighted by Crippen LogP contribution is 2.46. The zero-order valence-electron chi connectivity index (χ0n) is 22.0. The molecule has 0 fully saturated rings. The van der Waals surface area contributed by atoms with Crippen molar-refractivity contribution < 1.29 is 23.8 Å². The number of thioether (sulfide) groups is 1. The van der Waals surface area contributed by atoms with Gasteiger partial charge in [0.25, 0.3) is 0 Å². The van der Waals surface area contributed by atoms with E-state index in [1.807, 2.05) is 18.2 Å². The molecule has 1 aromatic heterocycles. The summed E-state index contributed by atoms with van der Waals surface area (Å²) in [4.78, 5) is 30.9. The Bertz CT molecular complexity index is 1430. The molecule has 0 radical (unpaired) electrons. The molecule has 0 amide bonds. The Kier molecular flexibility index (Phi) is 6.92. The maximum atomic E-state index is 13.5. The second-order valence-corrected chi connectivity index (χ2v) is 11.0. The summed E-state index contributed by atoms with van der Waals surface area (Å²) in [7, 11) is 4.75. The molecule has 2 aromatic carbocycles. The molecule has 0 spiro atoms. The van der Waals surface area contributed by atoms with Crippen molar-refractivity contribution in [2.24, 2.45) is 5.41 Å². The van der Waals surface area contributed by atoms with E-state index in [4.69, 9.17) is 19.3 Å². The second-order valence-electron chi connectivity index (χ2n) is 10.1. The van der Waals surface area contributed by atoms with Crippen molar-refractivity contribution in [1.82, 2.24) is 14.8 Å². The van der Waals surface area contributed by atoms with Crippen molar-refractivity contribution in [3.63, 3.8) is 0 Å². The summed E-state index contributed by atoms with van der Waals surface area (Å²) < 4.78 is 17.9. The van der Waals surface area contributed by atoms with Crippen LogP contribution < -0.4 is 19.5 Å². The number of hydrogen-bond acceptors (Lipinski definition) is 9. The lowest BCUT2D eigenvalue weighted by molar-refractivity contribution is -0.118. The van der Waals surface area contributed by atoms with Crippen LogP contribution in [0.5, 0.6) is 17.2 Å². The number of carbonyl (C=O) groups excluding carboxylic acids is 2. The van der Waals surface area contributed by atoms with Crippen LogP contribution in [0.1, 0.15) is 48.7 Å². The number of hydrogen-bond donors (Lipinski definition) is 1. The largest absolute Gasteiger partial charge is 0.497 e. The molecule has 1 aliphatic heterocycles. The van der Waals surface area contributed by atoms with Gasteiger partial charge in [0.15, 0.2) is 23.1 Å². The molecule has 1 N–H and O–H groups in total. The summed E-state index contributed by atoms with van der Waals surface area (Å²) in [5, 5.41) is 8.56. The maximum absolute atomic E-state index is 13.5. The predicted molar refractivity (Wildman–Crippen MR) is 144 cm³/mol. The van der Waals surface area contributed by atoms with Crippen molar-refractivity contribution in [3.8, 4) is 17.2 Å². The predicted octanol–water partition coefficient (Wildman–Crippen LogP) is 4.94. The number of methoxy groups -OCH3 is 3. The number of fused-ring (bicyclic) bond motifs is 1. The minimum atomic E-state index is -0.483. The van der Waals surface area contributed by atoms with Crippen molar-refractivity contribution in [1.29, 1.82) is 0 Å². The lowest BCUT2D eigenvalue weighted by atomic mass is 9.73. The van der Waals surface area contributed by atoms with Crippen LogP contribution in [0.4, 0.5) is 5.95 Å². The van der Waals surface area contributed by atoms with E-state index in [0.717, 1.165) is 11.3 Å². The van der Waals surface area contributed by atoms with Crippen LogP contribution in [0.15, 0.2) is 58.9 Å². The summed E-state index contributed by atoms with van der Waals surface area (Å²) in [6, 6.07) is 12.1. The first-order valence-electron chi connectivity index (χ1n) is 12.2. The van der Waals surface area contributed by atoms with Gasteiger partial charge in [0.05, 0.1) is 27.1 Å². The SMILES string of the molecule is COc1ccc(C(=O)CSc2nc3n(n2)C(c2ccc(OC)c(OC)c2)C2=C(CC(C)(C)CC2=O)N3)cc1. The molecule has 0 saturated carbocycles. The number of anilines is 1. The van der Waals surface area contributed by atoms with Crippen LogP contribution in [-0.4, -0.2) is 53.4 Å². The average molecular weight is 535 g/mol. The van der Waals surface area contributed by atoms with Gasteiger partial charge in [-0.1, -0.05) is 31.7 Å². The van der Waals surface area contributed by atoms with E-state index < -0.39 is 6.04 Å². The smallest absolute Gasteiger partial charge is 0.227 e.